The van der Waals surface area contributed by atoms with Gasteiger partial charge in [0, 0.05) is 13.0 Å². The standard InChI is InChI=1S/C10H18N4O/c1-7(11)10-12-9(13-15-10)5-8-3-4-14(2)6-8/h7-8H,3-6,11H2,1-2H3. The van der Waals surface area contributed by atoms with E-state index >= 15 is 0 Å². The van der Waals surface area contributed by atoms with E-state index in [1.165, 1.54) is 13.0 Å². The van der Waals surface area contributed by atoms with E-state index in [9.17, 15) is 0 Å². The van der Waals surface area contributed by atoms with Gasteiger partial charge in [-0.25, -0.2) is 0 Å². The van der Waals surface area contributed by atoms with Gasteiger partial charge in [0.2, 0.25) is 5.89 Å². The third-order valence-electron chi connectivity index (χ3n) is 2.83. The Morgan fingerprint density at radius 2 is 2.47 bits per heavy atom. The molecule has 1 fully saturated rings. The molecular weight excluding hydrogens is 192 g/mol. The summed E-state index contributed by atoms with van der Waals surface area (Å²) in [4.78, 5) is 6.61. The molecule has 0 bridgehead atoms. The second-order valence-corrected chi connectivity index (χ2v) is 4.46. The van der Waals surface area contributed by atoms with Crippen LogP contribution in [0.4, 0.5) is 0 Å². The zero-order valence-corrected chi connectivity index (χ0v) is 9.31. The Morgan fingerprint density at radius 3 is 3.00 bits per heavy atom. The van der Waals surface area contributed by atoms with Crippen LogP contribution in [-0.4, -0.2) is 35.2 Å². The van der Waals surface area contributed by atoms with Gasteiger partial charge in [-0.15, -0.1) is 0 Å². The fourth-order valence-corrected chi connectivity index (χ4v) is 1.99. The van der Waals surface area contributed by atoms with Crippen molar-refractivity contribution in [2.24, 2.45) is 11.7 Å². The lowest BCUT2D eigenvalue weighted by Crippen LogP contribution is -2.15. The number of nitrogens with two attached hydrogens (primary N) is 1. The number of rotatable bonds is 3. The number of likely N-dealkylation sites (tertiary alicyclic amines) is 1. The fraction of sp³-hybridized carbons (Fsp3) is 0.800. The fourth-order valence-electron chi connectivity index (χ4n) is 1.99. The highest BCUT2D eigenvalue weighted by Gasteiger charge is 2.22. The monoisotopic (exact) mass is 210 g/mol. The van der Waals surface area contributed by atoms with Crippen molar-refractivity contribution >= 4 is 0 Å². The van der Waals surface area contributed by atoms with Crippen molar-refractivity contribution < 1.29 is 4.52 Å². The average molecular weight is 210 g/mol. The molecular formula is C10H18N4O. The molecule has 0 aromatic carbocycles. The molecule has 0 amide bonds. The molecule has 0 aliphatic carbocycles. The highest BCUT2D eigenvalue weighted by atomic mass is 16.5. The Bertz CT molecular complexity index is 323. The van der Waals surface area contributed by atoms with Gasteiger partial charge in [-0.2, -0.15) is 4.98 Å². The third-order valence-corrected chi connectivity index (χ3v) is 2.83. The highest BCUT2D eigenvalue weighted by Crippen LogP contribution is 2.18. The molecule has 1 aliphatic heterocycles. The minimum Gasteiger partial charge on any atom is -0.338 e. The molecule has 1 aromatic heterocycles. The summed E-state index contributed by atoms with van der Waals surface area (Å²) in [6, 6.07) is -0.169. The van der Waals surface area contributed by atoms with E-state index in [2.05, 4.69) is 22.1 Å². The topological polar surface area (TPSA) is 68.2 Å². The molecule has 2 heterocycles. The third kappa shape index (κ3) is 2.54. The Kier molecular flexibility index (Phi) is 3.02. The molecule has 1 saturated heterocycles. The zero-order chi connectivity index (χ0) is 10.8. The van der Waals surface area contributed by atoms with Gasteiger partial charge in [0.05, 0.1) is 6.04 Å². The molecule has 0 saturated carbocycles. The van der Waals surface area contributed by atoms with Crippen LogP contribution in [0, 0.1) is 5.92 Å². The maximum absolute atomic E-state index is 5.65. The van der Waals surface area contributed by atoms with Crippen molar-refractivity contribution in [1.82, 2.24) is 15.0 Å². The summed E-state index contributed by atoms with van der Waals surface area (Å²) < 4.78 is 5.06. The first-order chi connectivity index (χ1) is 7.15. The minimum absolute atomic E-state index is 0.169. The van der Waals surface area contributed by atoms with Crippen molar-refractivity contribution in [3.8, 4) is 0 Å². The van der Waals surface area contributed by atoms with Gasteiger partial charge in [-0.05, 0) is 32.9 Å². The predicted molar refractivity (Wildman–Crippen MR) is 56.2 cm³/mol. The summed E-state index contributed by atoms with van der Waals surface area (Å²) >= 11 is 0. The van der Waals surface area contributed by atoms with E-state index in [4.69, 9.17) is 10.3 Å². The molecule has 5 heteroatoms. The van der Waals surface area contributed by atoms with Gasteiger partial charge in [0.25, 0.3) is 0 Å². The quantitative estimate of drug-likeness (QED) is 0.790. The molecule has 2 N–H and O–H groups in total. The van der Waals surface area contributed by atoms with Crippen molar-refractivity contribution in [2.45, 2.75) is 25.8 Å². The number of nitrogens with zero attached hydrogens (tertiary/aromatic N) is 3. The SMILES string of the molecule is CC(N)c1nc(CC2CCN(C)C2)no1. The molecule has 15 heavy (non-hydrogen) atoms. The van der Waals surface area contributed by atoms with Crippen LogP contribution in [0.3, 0.4) is 0 Å². The Hall–Kier alpha value is -0.940. The van der Waals surface area contributed by atoms with Crippen LogP contribution in [0.15, 0.2) is 4.52 Å². The number of hydrogen-bond acceptors (Lipinski definition) is 5. The van der Waals surface area contributed by atoms with Gasteiger partial charge in [-0.1, -0.05) is 5.16 Å². The van der Waals surface area contributed by atoms with Crippen molar-refractivity contribution in [1.29, 1.82) is 0 Å². The van der Waals surface area contributed by atoms with Crippen LogP contribution >= 0.6 is 0 Å². The Morgan fingerprint density at radius 1 is 1.67 bits per heavy atom. The molecule has 84 valence electrons. The van der Waals surface area contributed by atoms with Crippen LogP contribution in [-0.2, 0) is 6.42 Å². The summed E-state index contributed by atoms with van der Waals surface area (Å²) in [5.41, 5.74) is 5.65. The molecule has 2 unspecified atom stereocenters. The van der Waals surface area contributed by atoms with Gasteiger partial charge >= 0.3 is 0 Å². The van der Waals surface area contributed by atoms with Crippen LogP contribution in [0.5, 0.6) is 0 Å². The Labute approximate surface area is 89.6 Å². The van der Waals surface area contributed by atoms with Gasteiger partial charge < -0.3 is 15.2 Å². The van der Waals surface area contributed by atoms with Gasteiger partial charge in [-0.3, -0.25) is 0 Å². The van der Waals surface area contributed by atoms with Crippen LogP contribution in [0.2, 0.25) is 0 Å². The largest absolute Gasteiger partial charge is 0.338 e. The lowest BCUT2D eigenvalue weighted by Gasteiger charge is -2.07. The van der Waals surface area contributed by atoms with Gasteiger partial charge in [0.15, 0.2) is 5.82 Å². The molecule has 5 nitrogen and oxygen atoms in total. The lowest BCUT2D eigenvalue weighted by atomic mass is 10.1. The first kappa shape index (κ1) is 10.6. The molecule has 1 aliphatic rings. The normalized spacial score (nSPS) is 24.6. The molecule has 0 radical (unpaired) electrons. The Balaban J connectivity index is 1.93. The minimum atomic E-state index is -0.169. The summed E-state index contributed by atoms with van der Waals surface area (Å²) in [6.45, 7) is 4.14. The lowest BCUT2D eigenvalue weighted by molar-refractivity contribution is 0.352. The maximum Gasteiger partial charge on any atom is 0.243 e. The van der Waals surface area contributed by atoms with E-state index in [-0.39, 0.29) is 6.04 Å². The molecule has 2 atom stereocenters. The first-order valence-electron chi connectivity index (χ1n) is 5.41. The van der Waals surface area contributed by atoms with E-state index < -0.39 is 0 Å². The summed E-state index contributed by atoms with van der Waals surface area (Å²) in [5, 5.41) is 3.94. The van der Waals surface area contributed by atoms with Crippen molar-refractivity contribution in [2.75, 3.05) is 20.1 Å². The molecule has 2 rings (SSSR count). The second kappa shape index (κ2) is 4.28. The van der Waals surface area contributed by atoms with E-state index in [0.717, 1.165) is 18.8 Å². The zero-order valence-electron chi connectivity index (χ0n) is 9.31. The summed E-state index contributed by atoms with van der Waals surface area (Å²) in [5.74, 6) is 1.99. The van der Waals surface area contributed by atoms with Crippen LogP contribution in [0.1, 0.15) is 31.1 Å². The smallest absolute Gasteiger partial charge is 0.243 e. The van der Waals surface area contributed by atoms with E-state index in [1.54, 1.807) is 0 Å². The van der Waals surface area contributed by atoms with Gasteiger partial charge in [0.1, 0.15) is 0 Å². The number of hydrogen-bond donors (Lipinski definition) is 1. The predicted octanol–water partition coefficient (Wildman–Crippen LogP) is 0.584. The van der Waals surface area contributed by atoms with E-state index in [0.29, 0.717) is 11.8 Å². The number of aromatic nitrogens is 2. The second-order valence-electron chi connectivity index (χ2n) is 4.46. The van der Waals surface area contributed by atoms with Crippen LogP contribution in [0.25, 0.3) is 0 Å². The maximum atomic E-state index is 5.65. The molecule has 0 spiro atoms. The van der Waals surface area contributed by atoms with E-state index in [1.807, 2.05) is 6.92 Å². The average Bonchev–Trinajstić information content (AvgIpc) is 2.76. The van der Waals surface area contributed by atoms with Crippen molar-refractivity contribution in [3.05, 3.63) is 11.7 Å². The van der Waals surface area contributed by atoms with Crippen LogP contribution < -0.4 is 5.73 Å². The van der Waals surface area contributed by atoms with Crippen molar-refractivity contribution in [3.63, 3.8) is 0 Å². The first-order valence-corrected chi connectivity index (χ1v) is 5.41. The summed E-state index contributed by atoms with van der Waals surface area (Å²) in [6.07, 6.45) is 2.12. The highest BCUT2D eigenvalue weighted by molar-refractivity contribution is 4.93. The summed E-state index contributed by atoms with van der Waals surface area (Å²) in [7, 11) is 2.14. The molecule has 1 aromatic rings.